The molecular formula is C9H18N2O4S. The summed E-state index contributed by atoms with van der Waals surface area (Å²) in [6.07, 6.45) is 2.20. The van der Waals surface area contributed by atoms with Crippen molar-refractivity contribution in [3.8, 4) is 0 Å². The van der Waals surface area contributed by atoms with Gasteiger partial charge in [0, 0.05) is 42.9 Å². The third-order valence-electron chi connectivity index (χ3n) is 1.89. The lowest BCUT2D eigenvalue weighted by Crippen LogP contribution is -2.39. The van der Waals surface area contributed by atoms with Crippen LogP contribution in [0.4, 0.5) is 4.79 Å². The van der Waals surface area contributed by atoms with Gasteiger partial charge >= 0.3 is 12.0 Å². The number of nitrogens with zero attached hydrogens (tertiary/aromatic N) is 1. The summed E-state index contributed by atoms with van der Waals surface area (Å²) in [7, 11) is 0.695. The molecule has 0 bridgehead atoms. The van der Waals surface area contributed by atoms with Crippen molar-refractivity contribution in [2.75, 3.05) is 32.1 Å². The van der Waals surface area contributed by atoms with Crippen LogP contribution in [0.2, 0.25) is 0 Å². The van der Waals surface area contributed by atoms with Gasteiger partial charge in [-0.15, -0.1) is 0 Å². The van der Waals surface area contributed by atoms with Crippen LogP contribution in [0, 0.1) is 0 Å². The van der Waals surface area contributed by atoms with Crippen LogP contribution in [0.3, 0.4) is 0 Å². The van der Waals surface area contributed by atoms with Crippen molar-refractivity contribution < 1.29 is 18.9 Å². The molecule has 0 saturated heterocycles. The van der Waals surface area contributed by atoms with Gasteiger partial charge in [-0.25, -0.2) is 4.79 Å². The Hall–Kier alpha value is -1.11. The Bertz CT molecular complexity index is 270. The Balaban J connectivity index is 3.62. The normalized spacial score (nSPS) is 11.9. The molecule has 2 N–H and O–H groups in total. The van der Waals surface area contributed by atoms with Crippen LogP contribution in [0.1, 0.15) is 12.8 Å². The lowest BCUT2D eigenvalue weighted by molar-refractivity contribution is -0.137. The number of carbonyl (C=O) groups is 2. The first-order valence-electron chi connectivity index (χ1n) is 4.94. The molecule has 0 aliphatic rings. The summed E-state index contributed by atoms with van der Waals surface area (Å²) in [4.78, 5) is 22.9. The molecule has 0 aliphatic heterocycles. The van der Waals surface area contributed by atoms with Crippen molar-refractivity contribution in [3.05, 3.63) is 0 Å². The van der Waals surface area contributed by atoms with Gasteiger partial charge in [0.15, 0.2) is 0 Å². The van der Waals surface area contributed by atoms with Crippen LogP contribution < -0.4 is 5.32 Å². The molecule has 0 fully saturated rings. The quantitative estimate of drug-likeness (QED) is 0.616. The lowest BCUT2D eigenvalue weighted by atomic mass is 10.4. The zero-order valence-electron chi connectivity index (χ0n) is 9.56. The predicted octanol–water partition coefficient (Wildman–Crippen LogP) is -0.129. The molecule has 1 unspecified atom stereocenters. The maximum absolute atomic E-state index is 11.3. The minimum absolute atomic E-state index is 0.0666. The number of nitrogens with one attached hydrogen (secondary N) is 1. The maximum Gasteiger partial charge on any atom is 0.317 e. The van der Waals surface area contributed by atoms with Crippen molar-refractivity contribution in [1.29, 1.82) is 0 Å². The number of aliphatic carboxylic acids is 1. The van der Waals surface area contributed by atoms with Crippen LogP contribution in [-0.2, 0) is 15.6 Å². The average Bonchev–Trinajstić information content (AvgIpc) is 2.20. The van der Waals surface area contributed by atoms with Crippen molar-refractivity contribution in [1.82, 2.24) is 10.2 Å². The molecule has 6 nitrogen and oxygen atoms in total. The molecule has 0 saturated carbocycles. The number of rotatable bonds is 7. The van der Waals surface area contributed by atoms with Gasteiger partial charge in [0.05, 0.1) is 6.42 Å². The van der Waals surface area contributed by atoms with E-state index in [9.17, 15) is 13.8 Å². The number of carboxylic acids is 1. The second-order valence-electron chi connectivity index (χ2n) is 3.43. The maximum atomic E-state index is 11.3. The second kappa shape index (κ2) is 8.09. The van der Waals surface area contributed by atoms with E-state index < -0.39 is 16.8 Å². The van der Waals surface area contributed by atoms with Gasteiger partial charge in [-0.05, 0) is 6.42 Å². The van der Waals surface area contributed by atoms with Crippen LogP contribution in [0.5, 0.6) is 0 Å². The molecule has 16 heavy (non-hydrogen) atoms. The summed E-state index contributed by atoms with van der Waals surface area (Å²) in [5.41, 5.74) is 0. The van der Waals surface area contributed by atoms with E-state index in [1.165, 1.54) is 11.9 Å². The Morgan fingerprint density at radius 1 is 1.44 bits per heavy atom. The molecular weight excluding hydrogens is 232 g/mol. The third kappa shape index (κ3) is 8.22. The lowest BCUT2D eigenvalue weighted by Gasteiger charge is -2.16. The van der Waals surface area contributed by atoms with E-state index in [0.29, 0.717) is 18.7 Å². The Morgan fingerprint density at radius 2 is 2.06 bits per heavy atom. The molecule has 94 valence electrons. The number of amides is 2. The first-order chi connectivity index (χ1) is 7.43. The van der Waals surface area contributed by atoms with Crippen LogP contribution in [-0.4, -0.2) is 58.4 Å². The smallest absolute Gasteiger partial charge is 0.317 e. The van der Waals surface area contributed by atoms with E-state index >= 15 is 0 Å². The summed E-state index contributed by atoms with van der Waals surface area (Å²) in [6, 6.07) is -0.303. The Morgan fingerprint density at radius 3 is 2.56 bits per heavy atom. The zero-order valence-corrected chi connectivity index (χ0v) is 10.4. The average molecular weight is 250 g/mol. The largest absolute Gasteiger partial charge is 0.481 e. The summed E-state index contributed by atoms with van der Waals surface area (Å²) in [6.45, 7) is 0.636. The molecule has 2 amide bonds. The standard InChI is InChI=1S/C9H18N2O4S/c1-11(6-4-8(12)13)9(14)10-5-3-7-16(2)15/h3-7H2,1-2H3,(H,10,14)(H,12,13). The van der Waals surface area contributed by atoms with E-state index in [0.717, 1.165) is 0 Å². The van der Waals surface area contributed by atoms with Gasteiger partial charge in [0.25, 0.3) is 0 Å². The van der Waals surface area contributed by atoms with Gasteiger partial charge in [0.1, 0.15) is 0 Å². The highest BCUT2D eigenvalue weighted by molar-refractivity contribution is 7.84. The summed E-state index contributed by atoms with van der Waals surface area (Å²) < 4.78 is 10.7. The van der Waals surface area contributed by atoms with Gasteiger partial charge in [-0.1, -0.05) is 0 Å². The number of carbonyl (C=O) groups excluding carboxylic acids is 1. The molecule has 0 heterocycles. The molecule has 0 aromatic heterocycles. The highest BCUT2D eigenvalue weighted by Crippen LogP contribution is 1.89. The highest BCUT2D eigenvalue weighted by Gasteiger charge is 2.08. The SMILES string of the molecule is CN(CCC(=O)O)C(=O)NCCCS(C)=O. The predicted molar refractivity (Wildman–Crippen MR) is 61.8 cm³/mol. The van der Waals surface area contributed by atoms with Crippen molar-refractivity contribution in [2.24, 2.45) is 0 Å². The highest BCUT2D eigenvalue weighted by atomic mass is 32.2. The van der Waals surface area contributed by atoms with Gasteiger partial charge in [-0.2, -0.15) is 0 Å². The Labute approximate surface area is 97.5 Å². The monoisotopic (exact) mass is 250 g/mol. The summed E-state index contributed by atoms with van der Waals surface area (Å²) in [5, 5.41) is 11.0. The second-order valence-corrected chi connectivity index (χ2v) is 4.98. The van der Waals surface area contributed by atoms with Gasteiger partial charge < -0.3 is 15.3 Å². The van der Waals surface area contributed by atoms with E-state index in [2.05, 4.69) is 5.32 Å². The molecule has 0 radical (unpaired) electrons. The minimum atomic E-state index is -0.930. The topological polar surface area (TPSA) is 86.7 Å². The first kappa shape index (κ1) is 14.9. The summed E-state index contributed by atoms with van der Waals surface area (Å²) in [5.74, 6) is -0.375. The third-order valence-corrected chi connectivity index (χ3v) is 2.76. The zero-order chi connectivity index (χ0) is 12.6. The number of hydrogen-bond acceptors (Lipinski definition) is 3. The first-order valence-corrected chi connectivity index (χ1v) is 6.67. The van der Waals surface area contributed by atoms with Gasteiger partial charge in [-0.3, -0.25) is 9.00 Å². The van der Waals surface area contributed by atoms with Crippen LogP contribution in [0.15, 0.2) is 0 Å². The van der Waals surface area contributed by atoms with Crippen LogP contribution >= 0.6 is 0 Å². The van der Waals surface area contributed by atoms with E-state index in [-0.39, 0.29) is 19.0 Å². The minimum Gasteiger partial charge on any atom is -0.481 e. The fourth-order valence-electron chi connectivity index (χ4n) is 0.971. The van der Waals surface area contributed by atoms with E-state index in [4.69, 9.17) is 5.11 Å². The van der Waals surface area contributed by atoms with Gasteiger partial charge in [0.2, 0.25) is 0 Å². The molecule has 1 atom stereocenters. The Kier molecular flexibility index (Phi) is 7.53. The van der Waals surface area contributed by atoms with Crippen LogP contribution in [0.25, 0.3) is 0 Å². The molecule has 7 heteroatoms. The van der Waals surface area contributed by atoms with Crippen molar-refractivity contribution in [2.45, 2.75) is 12.8 Å². The molecule has 0 spiro atoms. The fraction of sp³-hybridized carbons (Fsp3) is 0.778. The van der Waals surface area contributed by atoms with Crippen molar-refractivity contribution in [3.63, 3.8) is 0 Å². The summed E-state index contributed by atoms with van der Waals surface area (Å²) >= 11 is 0. The fourth-order valence-corrected chi connectivity index (χ4v) is 1.52. The number of urea groups is 1. The van der Waals surface area contributed by atoms with E-state index in [1.54, 1.807) is 6.26 Å². The molecule has 0 rings (SSSR count). The van der Waals surface area contributed by atoms with Crippen molar-refractivity contribution >= 4 is 22.8 Å². The number of hydrogen-bond donors (Lipinski definition) is 2. The molecule has 0 aromatic carbocycles. The van der Waals surface area contributed by atoms with E-state index in [1.807, 2.05) is 0 Å². The molecule has 0 aliphatic carbocycles. The number of carboxylic acid groups (broad SMARTS) is 1. The molecule has 0 aromatic rings.